The maximum absolute atomic E-state index is 5.04. The lowest BCUT2D eigenvalue weighted by Crippen LogP contribution is -2.12. The van der Waals surface area contributed by atoms with Gasteiger partial charge in [0.2, 0.25) is 5.95 Å². The van der Waals surface area contributed by atoms with Crippen molar-refractivity contribution in [1.82, 2.24) is 24.7 Å². The molecule has 0 atom stereocenters. The summed E-state index contributed by atoms with van der Waals surface area (Å²) in [5, 5.41) is 11.1. The van der Waals surface area contributed by atoms with Crippen molar-refractivity contribution in [3.05, 3.63) is 30.1 Å². The summed E-state index contributed by atoms with van der Waals surface area (Å²) in [7, 11) is 1.67. The van der Waals surface area contributed by atoms with Crippen molar-refractivity contribution in [2.75, 3.05) is 19.0 Å². The van der Waals surface area contributed by atoms with Crippen LogP contribution in [0.2, 0.25) is 0 Å². The molecule has 2 heterocycles. The van der Waals surface area contributed by atoms with Crippen molar-refractivity contribution in [3.8, 4) is 0 Å². The van der Waals surface area contributed by atoms with Gasteiger partial charge in [-0.3, -0.25) is 0 Å². The predicted molar refractivity (Wildman–Crippen MR) is 70.6 cm³/mol. The van der Waals surface area contributed by atoms with E-state index in [1.807, 2.05) is 17.0 Å². The summed E-state index contributed by atoms with van der Waals surface area (Å²) in [6.07, 6.45) is 6.28. The zero-order valence-corrected chi connectivity index (χ0v) is 11.2. The summed E-state index contributed by atoms with van der Waals surface area (Å²) in [6, 6.07) is 0. The van der Waals surface area contributed by atoms with E-state index >= 15 is 0 Å². The maximum Gasteiger partial charge on any atom is 0.222 e. The van der Waals surface area contributed by atoms with E-state index < -0.39 is 0 Å². The molecular formula is C12H18N6O. The van der Waals surface area contributed by atoms with Crippen molar-refractivity contribution >= 4 is 5.95 Å². The number of rotatable bonds is 7. The Morgan fingerprint density at radius 2 is 2.11 bits per heavy atom. The number of hydrogen-bond donors (Lipinski definition) is 1. The summed E-state index contributed by atoms with van der Waals surface area (Å²) in [4.78, 5) is 8.47. The minimum absolute atomic E-state index is 0.537. The van der Waals surface area contributed by atoms with Gasteiger partial charge in [0.05, 0.1) is 13.2 Å². The molecule has 2 aromatic rings. The molecule has 0 saturated heterocycles. The standard InChI is InChI=1S/C12H18N6O/c1-3-10-6-13-12(14-7-10)15-8-11-17-16-9-18(11)4-5-19-2/h6-7,9H,3-5,8H2,1-2H3,(H,13,14,15). The van der Waals surface area contributed by atoms with Crippen LogP contribution in [0.1, 0.15) is 18.3 Å². The molecule has 2 rings (SSSR count). The summed E-state index contributed by atoms with van der Waals surface area (Å²) in [5.74, 6) is 1.43. The SMILES string of the molecule is CCc1cnc(NCc2nncn2CCOC)nc1. The molecule has 0 saturated carbocycles. The Kier molecular flexibility index (Phi) is 4.79. The quantitative estimate of drug-likeness (QED) is 0.798. The van der Waals surface area contributed by atoms with Gasteiger partial charge in [-0.1, -0.05) is 6.92 Å². The Bertz CT molecular complexity index is 495. The fourth-order valence-corrected chi connectivity index (χ4v) is 1.58. The lowest BCUT2D eigenvalue weighted by molar-refractivity contribution is 0.186. The number of aromatic nitrogens is 5. The Balaban J connectivity index is 1.92. The Morgan fingerprint density at radius 3 is 2.79 bits per heavy atom. The Labute approximate surface area is 112 Å². The van der Waals surface area contributed by atoms with Gasteiger partial charge >= 0.3 is 0 Å². The van der Waals surface area contributed by atoms with Crippen LogP contribution >= 0.6 is 0 Å². The van der Waals surface area contributed by atoms with E-state index in [-0.39, 0.29) is 0 Å². The topological polar surface area (TPSA) is 77.8 Å². The van der Waals surface area contributed by atoms with Crippen molar-refractivity contribution in [2.45, 2.75) is 26.4 Å². The van der Waals surface area contributed by atoms with Crippen LogP contribution < -0.4 is 5.32 Å². The number of nitrogens with zero attached hydrogens (tertiary/aromatic N) is 5. The third kappa shape index (κ3) is 3.72. The molecule has 0 aliphatic heterocycles. The molecule has 0 bridgehead atoms. The van der Waals surface area contributed by atoms with Gasteiger partial charge in [-0.15, -0.1) is 10.2 Å². The third-order valence-electron chi connectivity index (χ3n) is 2.75. The molecule has 0 aromatic carbocycles. The molecule has 0 spiro atoms. The van der Waals surface area contributed by atoms with Crippen molar-refractivity contribution in [3.63, 3.8) is 0 Å². The van der Waals surface area contributed by atoms with Crippen molar-refractivity contribution in [1.29, 1.82) is 0 Å². The van der Waals surface area contributed by atoms with Crippen LogP contribution in [0.3, 0.4) is 0 Å². The van der Waals surface area contributed by atoms with Crippen LogP contribution in [0.15, 0.2) is 18.7 Å². The van der Waals surface area contributed by atoms with Crippen LogP contribution in [0, 0.1) is 0 Å². The van der Waals surface area contributed by atoms with E-state index in [4.69, 9.17) is 4.74 Å². The molecule has 0 unspecified atom stereocenters. The molecule has 0 fully saturated rings. The van der Waals surface area contributed by atoms with Gasteiger partial charge in [0.15, 0.2) is 5.82 Å². The molecule has 0 radical (unpaired) electrons. The average Bonchev–Trinajstić information content (AvgIpc) is 2.91. The van der Waals surface area contributed by atoms with Gasteiger partial charge in [-0.25, -0.2) is 9.97 Å². The number of anilines is 1. The maximum atomic E-state index is 5.04. The second-order valence-electron chi connectivity index (χ2n) is 4.06. The summed E-state index contributed by atoms with van der Waals surface area (Å²) in [6.45, 7) is 3.97. The van der Waals surface area contributed by atoms with Crippen LogP contribution in [-0.4, -0.2) is 38.4 Å². The molecule has 0 amide bonds. The zero-order valence-electron chi connectivity index (χ0n) is 11.2. The molecular weight excluding hydrogens is 244 g/mol. The van der Waals surface area contributed by atoms with Crippen LogP contribution in [0.5, 0.6) is 0 Å². The van der Waals surface area contributed by atoms with Crippen LogP contribution in [0.4, 0.5) is 5.95 Å². The second-order valence-corrected chi connectivity index (χ2v) is 4.06. The monoisotopic (exact) mass is 262 g/mol. The number of aryl methyl sites for hydroxylation is 1. The highest BCUT2D eigenvalue weighted by atomic mass is 16.5. The van der Waals surface area contributed by atoms with Crippen molar-refractivity contribution in [2.24, 2.45) is 0 Å². The lowest BCUT2D eigenvalue weighted by Gasteiger charge is -2.07. The summed E-state index contributed by atoms with van der Waals surface area (Å²) < 4.78 is 6.98. The molecule has 19 heavy (non-hydrogen) atoms. The van der Waals surface area contributed by atoms with E-state index in [0.717, 1.165) is 24.4 Å². The Morgan fingerprint density at radius 1 is 1.32 bits per heavy atom. The molecule has 0 aliphatic rings. The first-order valence-electron chi connectivity index (χ1n) is 6.24. The van der Waals surface area contributed by atoms with Gasteiger partial charge < -0.3 is 14.6 Å². The molecule has 7 nitrogen and oxygen atoms in total. The fraction of sp³-hybridized carbons (Fsp3) is 0.500. The van der Waals surface area contributed by atoms with Gasteiger partial charge in [-0.2, -0.15) is 0 Å². The smallest absolute Gasteiger partial charge is 0.222 e. The van der Waals surface area contributed by atoms with Gasteiger partial charge in [0.1, 0.15) is 6.33 Å². The fourth-order valence-electron chi connectivity index (χ4n) is 1.58. The van der Waals surface area contributed by atoms with Gasteiger partial charge in [-0.05, 0) is 12.0 Å². The largest absolute Gasteiger partial charge is 0.383 e. The number of ether oxygens (including phenoxy) is 1. The van der Waals surface area contributed by atoms with Crippen molar-refractivity contribution < 1.29 is 4.74 Å². The highest BCUT2D eigenvalue weighted by Crippen LogP contribution is 2.03. The summed E-state index contributed by atoms with van der Waals surface area (Å²) >= 11 is 0. The summed E-state index contributed by atoms with van der Waals surface area (Å²) in [5.41, 5.74) is 1.12. The van der Waals surface area contributed by atoms with E-state index in [1.165, 1.54) is 0 Å². The van der Waals surface area contributed by atoms with E-state index in [9.17, 15) is 0 Å². The highest BCUT2D eigenvalue weighted by molar-refractivity contribution is 5.25. The average molecular weight is 262 g/mol. The highest BCUT2D eigenvalue weighted by Gasteiger charge is 2.04. The Hall–Kier alpha value is -2.02. The van der Waals surface area contributed by atoms with E-state index in [0.29, 0.717) is 19.1 Å². The van der Waals surface area contributed by atoms with Crippen LogP contribution in [-0.2, 0) is 24.2 Å². The third-order valence-corrected chi connectivity index (χ3v) is 2.75. The first kappa shape index (κ1) is 13.4. The zero-order chi connectivity index (χ0) is 13.5. The van der Waals surface area contributed by atoms with E-state index in [2.05, 4.69) is 32.4 Å². The first-order valence-corrected chi connectivity index (χ1v) is 6.24. The molecule has 102 valence electrons. The minimum Gasteiger partial charge on any atom is -0.383 e. The predicted octanol–water partition coefficient (Wildman–Crippen LogP) is 0.889. The second kappa shape index (κ2) is 6.79. The number of methoxy groups -OCH3 is 1. The van der Waals surface area contributed by atoms with Crippen LogP contribution in [0.25, 0.3) is 0 Å². The molecule has 7 heteroatoms. The van der Waals surface area contributed by atoms with E-state index in [1.54, 1.807) is 13.4 Å². The minimum atomic E-state index is 0.537. The first-order chi connectivity index (χ1) is 9.33. The van der Waals surface area contributed by atoms with Gasteiger partial charge in [0, 0.05) is 26.0 Å². The molecule has 0 aliphatic carbocycles. The van der Waals surface area contributed by atoms with Gasteiger partial charge in [0.25, 0.3) is 0 Å². The number of nitrogens with one attached hydrogen (secondary N) is 1. The normalized spacial score (nSPS) is 10.6. The number of hydrogen-bond acceptors (Lipinski definition) is 6. The molecule has 2 aromatic heterocycles. The molecule has 1 N–H and O–H groups in total. The lowest BCUT2D eigenvalue weighted by atomic mass is 10.3.